The molecule has 1 amide bonds. The van der Waals surface area contributed by atoms with Gasteiger partial charge >= 0.3 is 6.09 Å². The topological polar surface area (TPSA) is 54.1 Å². The van der Waals surface area contributed by atoms with E-state index in [-0.39, 0.29) is 6.10 Å². The normalized spacial score (nSPS) is 12.3. The fraction of sp³-hybridized carbons (Fsp3) is 0.357. The third-order valence-electron chi connectivity index (χ3n) is 2.85. The summed E-state index contributed by atoms with van der Waals surface area (Å²) in [7, 11) is 0. The highest BCUT2D eigenvalue weighted by molar-refractivity contribution is 6.18. The average Bonchev–Trinajstić information content (AvgIpc) is 2.80. The van der Waals surface area contributed by atoms with E-state index in [2.05, 4.69) is 16.4 Å². The first-order valence-corrected chi connectivity index (χ1v) is 6.79. The van der Waals surface area contributed by atoms with Crippen molar-refractivity contribution >= 4 is 28.6 Å². The molecule has 0 saturated carbocycles. The second kappa shape index (κ2) is 6.48. The Hall–Kier alpha value is -1.68. The van der Waals surface area contributed by atoms with Gasteiger partial charge in [0.15, 0.2) is 0 Å². The molecular weight excluding hydrogens is 264 g/mol. The number of carbonyl (C=O) groups is 1. The lowest BCUT2D eigenvalue weighted by molar-refractivity contribution is 0.107. The molecule has 4 nitrogen and oxygen atoms in total. The lowest BCUT2D eigenvalue weighted by Crippen LogP contribution is -2.30. The molecule has 1 unspecified atom stereocenters. The zero-order valence-corrected chi connectivity index (χ0v) is 11.5. The van der Waals surface area contributed by atoms with Gasteiger partial charge in [0.05, 0.1) is 0 Å². The second-order valence-corrected chi connectivity index (χ2v) is 4.77. The number of carbonyl (C=O) groups excluding carboxylic acids is 1. The summed E-state index contributed by atoms with van der Waals surface area (Å²) in [4.78, 5) is 14.6. The molecule has 0 aliphatic rings. The van der Waals surface area contributed by atoms with E-state index < -0.39 is 6.09 Å². The van der Waals surface area contributed by atoms with E-state index in [1.165, 1.54) is 5.39 Å². The average molecular weight is 281 g/mol. The van der Waals surface area contributed by atoms with Crippen LogP contribution in [0.5, 0.6) is 0 Å². The Kier molecular flexibility index (Phi) is 4.68. The summed E-state index contributed by atoms with van der Waals surface area (Å²) < 4.78 is 5.25. The molecule has 0 bridgehead atoms. The van der Waals surface area contributed by atoms with Crippen LogP contribution in [0.1, 0.15) is 12.5 Å². The van der Waals surface area contributed by atoms with Gasteiger partial charge in [-0.25, -0.2) is 4.79 Å². The van der Waals surface area contributed by atoms with Gasteiger partial charge in [-0.1, -0.05) is 18.2 Å². The highest BCUT2D eigenvalue weighted by atomic mass is 35.5. The quantitative estimate of drug-likeness (QED) is 0.827. The molecule has 0 fully saturated rings. The van der Waals surface area contributed by atoms with E-state index in [1.807, 2.05) is 31.3 Å². The number of rotatable bonds is 5. The number of hydrogen-bond acceptors (Lipinski definition) is 2. The molecule has 2 rings (SSSR count). The third kappa shape index (κ3) is 3.64. The van der Waals surface area contributed by atoms with Crippen molar-refractivity contribution in [1.29, 1.82) is 0 Å². The zero-order valence-electron chi connectivity index (χ0n) is 10.8. The van der Waals surface area contributed by atoms with Crippen LogP contribution in [0.2, 0.25) is 0 Å². The van der Waals surface area contributed by atoms with Gasteiger partial charge in [-0.2, -0.15) is 0 Å². The minimum Gasteiger partial charge on any atom is -0.446 e. The number of aromatic nitrogens is 1. The monoisotopic (exact) mass is 280 g/mol. The maximum atomic E-state index is 11.4. The molecule has 2 aromatic rings. The molecule has 0 aliphatic carbocycles. The van der Waals surface area contributed by atoms with Crippen molar-refractivity contribution in [3.05, 3.63) is 36.0 Å². The summed E-state index contributed by atoms with van der Waals surface area (Å²) in [5.74, 6) is 0.381. The van der Waals surface area contributed by atoms with Crippen LogP contribution in [0.4, 0.5) is 4.79 Å². The van der Waals surface area contributed by atoms with E-state index in [0.717, 1.165) is 11.1 Å². The third-order valence-corrected chi connectivity index (χ3v) is 3.04. The first-order valence-electron chi connectivity index (χ1n) is 6.26. The number of para-hydroxylation sites is 1. The SMILES string of the molecule is CC(Cc1c[nH]c2ccccc12)OC(=O)NCCCl. The Balaban J connectivity index is 1.95. The Morgan fingerprint density at radius 3 is 3.05 bits per heavy atom. The number of ether oxygens (including phenoxy) is 1. The maximum absolute atomic E-state index is 11.4. The van der Waals surface area contributed by atoms with Crippen molar-refractivity contribution in [2.45, 2.75) is 19.4 Å². The van der Waals surface area contributed by atoms with Gasteiger partial charge < -0.3 is 15.0 Å². The van der Waals surface area contributed by atoms with E-state index >= 15 is 0 Å². The molecule has 102 valence electrons. The van der Waals surface area contributed by atoms with Gasteiger partial charge in [-0.15, -0.1) is 11.6 Å². The fourth-order valence-electron chi connectivity index (χ4n) is 2.03. The largest absolute Gasteiger partial charge is 0.446 e. The number of benzene rings is 1. The van der Waals surface area contributed by atoms with Crippen LogP contribution >= 0.6 is 11.6 Å². The Labute approximate surface area is 117 Å². The van der Waals surface area contributed by atoms with Crippen LogP contribution in [-0.2, 0) is 11.2 Å². The summed E-state index contributed by atoms with van der Waals surface area (Å²) in [6.07, 6.45) is 2.03. The van der Waals surface area contributed by atoms with Gasteiger partial charge in [-0.3, -0.25) is 0 Å². The fourth-order valence-corrected chi connectivity index (χ4v) is 2.12. The lowest BCUT2D eigenvalue weighted by atomic mass is 10.1. The number of nitrogens with one attached hydrogen (secondary N) is 2. The first-order chi connectivity index (χ1) is 9.20. The first kappa shape index (κ1) is 13.7. The number of alkyl halides is 1. The summed E-state index contributed by atoms with van der Waals surface area (Å²) >= 11 is 5.49. The molecule has 0 spiro atoms. The summed E-state index contributed by atoms with van der Waals surface area (Å²) in [6.45, 7) is 2.29. The standard InChI is InChI=1S/C14H17ClN2O2/c1-10(19-14(18)16-7-6-15)8-11-9-17-13-5-3-2-4-12(11)13/h2-5,9-10,17H,6-8H2,1H3,(H,16,18). The van der Waals surface area contributed by atoms with Crippen LogP contribution in [0.25, 0.3) is 10.9 Å². The lowest BCUT2D eigenvalue weighted by Gasteiger charge is -2.13. The molecule has 2 N–H and O–H groups in total. The van der Waals surface area contributed by atoms with Gasteiger partial charge in [0.1, 0.15) is 6.10 Å². The number of fused-ring (bicyclic) bond motifs is 1. The van der Waals surface area contributed by atoms with Gasteiger partial charge in [0, 0.05) is 35.9 Å². The van der Waals surface area contributed by atoms with Crippen molar-refractivity contribution in [3.8, 4) is 0 Å². The number of H-pyrrole nitrogens is 1. The molecular formula is C14H17ClN2O2. The molecule has 0 aliphatic heterocycles. The molecule has 1 aromatic carbocycles. The highest BCUT2D eigenvalue weighted by Crippen LogP contribution is 2.19. The van der Waals surface area contributed by atoms with Gasteiger partial charge in [0.25, 0.3) is 0 Å². The van der Waals surface area contributed by atoms with Crippen molar-refractivity contribution in [2.75, 3.05) is 12.4 Å². The predicted molar refractivity (Wildman–Crippen MR) is 76.7 cm³/mol. The van der Waals surface area contributed by atoms with E-state index in [9.17, 15) is 4.79 Å². The van der Waals surface area contributed by atoms with Crippen molar-refractivity contribution in [1.82, 2.24) is 10.3 Å². The summed E-state index contributed by atoms with van der Waals surface area (Å²) in [5.41, 5.74) is 2.24. The molecule has 0 saturated heterocycles. The Bertz CT molecular complexity index is 553. The van der Waals surface area contributed by atoms with Gasteiger partial charge in [-0.05, 0) is 18.6 Å². The Morgan fingerprint density at radius 2 is 2.26 bits per heavy atom. The zero-order chi connectivity index (χ0) is 13.7. The van der Waals surface area contributed by atoms with Crippen LogP contribution in [0.3, 0.4) is 0 Å². The predicted octanol–water partition coefficient (Wildman–Crippen LogP) is 3.06. The Morgan fingerprint density at radius 1 is 1.47 bits per heavy atom. The number of hydrogen-bond donors (Lipinski definition) is 2. The molecule has 19 heavy (non-hydrogen) atoms. The minimum atomic E-state index is -0.423. The smallest absolute Gasteiger partial charge is 0.407 e. The van der Waals surface area contributed by atoms with E-state index in [4.69, 9.17) is 16.3 Å². The summed E-state index contributed by atoms with van der Waals surface area (Å²) in [5, 5.41) is 3.74. The highest BCUT2D eigenvalue weighted by Gasteiger charge is 2.12. The molecule has 0 radical (unpaired) electrons. The van der Waals surface area contributed by atoms with Crippen LogP contribution < -0.4 is 5.32 Å². The van der Waals surface area contributed by atoms with Crippen molar-refractivity contribution in [2.24, 2.45) is 0 Å². The number of aromatic amines is 1. The molecule has 1 aromatic heterocycles. The number of halogens is 1. The number of alkyl carbamates (subject to hydrolysis) is 1. The minimum absolute atomic E-state index is 0.186. The maximum Gasteiger partial charge on any atom is 0.407 e. The van der Waals surface area contributed by atoms with Gasteiger partial charge in [0.2, 0.25) is 0 Å². The molecule has 5 heteroatoms. The van der Waals surface area contributed by atoms with Crippen LogP contribution in [0, 0.1) is 0 Å². The van der Waals surface area contributed by atoms with E-state index in [0.29, 0.717) is 18.8 Å². The van der Waals surface area contributed by atoms with E-state index in [1.54, 1.807) is 0 Å². The summed E-state index contributed by atoms with van der Waals surface area (Å²) in [6, 6.07) is 8.07. The van der Waals surface area contributed by atoms with Crippen molar-refractivity contribution in [3.63, 3.8) is 0 Å². The van der Waals surface area contributed by atoms with Crippen molar-refractivity contribution < 1.29 is 9.53 Å². The van der Waals surface area contributed by atoms with Crippen LogP contribution in [-0.4, -0.2) is 29.6 Å². The molecule has 1 atom stereocenters. The second-order valence-electron chi connectivity index (χ2n) is 4.40. The van der Waals surface area contributed by atoms with Crippen LogP contribution in [0.15, 0.2) is 30.5 Å². The molecule has 1 heterocycles. The number of amides is 1.